The summed E-state index contributed by atoms with van der Waals surface area (Å²) in [5.74, 6) is 0.711. The van der Waals surface area contributed by atoms with Gasteiger partial charge in [-0.2, -0.15) is 0 Å². The Balaban J connectivity index is 1.61. The van der Waals surface area contributed by atoms with Crippen LogP contribution in [0, 0.1) is 0 Å². The van der Waals surface area contributed by atoms with Gasteiger partial charge in [-0.3, -0.25) is 4.79 Å². The largest absolute Gasteiger partial charge is 0.497 e. The fourth-order valence-electron chi connectivity index (χ4n) is 4.01. The Morgan fingerprint density at radius 1 is 1.14 bits per heavy atom. The van der Waals surface area contributed by atoms with E-state index in [4.69, 9.17) is 4.74 Å². The average molecular weight is 378 g/mol. The molecule has 1 amide bonds. The number of benzene rings is 2. The number of hydrogen-bond donors (Lipinski definition) is 2. The molecule has 2 aromatic carbocycles. The van der Waals surface area contributed by atoms with Crippen molar-refractivity contribution < 1.29 is 14.6 Å². The number of aliphatic hydroxyl groups excluding tert-OH is 1. The Kier molecular flexibility index (Phi) is 5.35. The van der Waals surface area contributed by atoms with Gasteiger partial charge in [0.1, 0.15) is 5.75 Å². The summed E-state index contributed by atoms with van der Waals surface area (Å²) >= 11 is 0. The lowest BCUT2D eigenvalue weighted by atomic mass is 9.92. The van der Waals surface area contributed by atoms with Crippen molar-refractivity contribution in [1.29, 1.82) is 0 Å². The molecule has 4 rings (SSSR count). The highest BCUT2D eigenvalue weighted by atomic mass is 16.5. The SMILES string of the molecule is COc1ccc(Cn2cc(C(=O)N[C@H]3CCCC[C@@H]3O)c3ccccc32)cc1. The van der Waals surface area contributed by atoms with Gasteiger partial charge in [0, 0.05) is 23.6 Å². The molecule has 0 radical (unpaired) electrons. The highest BCUT2D eigenvalue weighted by Crippen LogP contribution is 2.24. The van der Waals surface area contributed by atoms with Crippen LogP contribution < -0.4 is 10.1 Å². The lowest BCUT2D eigenvalue weighted by Crippen LogP contribution is -2.45. The Hall–Kier alpha value is -2.79. The number of amides is 1. The summed E-state index contributed by atoms with van der Waals surface area (Å²) in [5, 5.41) is 14.2. The van der Waals surface area contributed by atoms with Gasteiger partial charge >= 0.3 is 0 Å². The number of carbonyl (C=O) groups is 1. The van der Waals surface area contributed by atoms with E-state index >= 15 is 0 Å². The van der Waals surface area contributed by atoms with E-state index in [2.05, 4.69) is 9.88 Å². The number of aromatic nitrogens is 1. The molecule has 1 aromatic heterocycles. The minimum absolute atomic E-state index is 0.115. The molecule has 28 heavy (non-hydrogen) atoms. The van der Waals surface area contributed by atoms with E-state index in [1.165, 1.54) is 0 Å². The molecule has 1 aliphatic rings. The highest BCUT2D eigenvalue weighted by molar-refractivity contribution is 6.07. The number of ether oxygens (including phenoxy) is 1. The zero-order valence-electron chi connectivity index (χ0n) is 16.1. The van der Waals surface area contributed by atoms with E-state index in [1.807, 2.05) is 54.7 Å². The molecule has 0 saturated heterocycles. The van der Waals surface area contributed by atoms with E-state index in [9.17, 15) is 9.90 Å². The summed E-state index contributed by atoms with van der Waals surface area (Å²) < 4.78 is 7.33. The molecule has 146 valence electrons. The minimum Gasteiger partial charge on any atom is -0.497 e. The predicted octanol–water partition coefficient (Wildman–Crippen LogP) is 3.73. The molecule has 0 bridgehead atoms. The Morgan fingerprint density at radius 2 is 1.89 bits per heavy atom. The number of para-hydroxylation sites is 1. The normalized spacial score (nSPS) is 19.5. The van der Waals surface area contributed by atoms with Crippen LogP contribution in [0.2, 0.25) is 0 Å². The first-order chi connectivity index (χ1) is 13.7. The molecular formula is C23H26N2O3. The van der Waals surface area contributed by atoms with Crippen molar-refractivity contribution in [1.82, 2.24) is 9.88 Å². The Labute approximate surface area is 164 Å². The first kappa shape index (κ1) is 18.6. The van der Waals surface area contributed by atoms with Gasteiger partial charge in [-0.25, -0.2) is 0 Å². The van der Waals surface area contributed by atoms with Crippen molar-refractivity contribution in [3.63, 3.8) is 0 Å². The Morgan fingerprint density at radius 3 is 2.64 bits per heavy atom. The van der Waals surface area contributed by atoms with Crippen LogP contribution in [0.3, 0.4) is 0 Å². The predicted molar refractivity (Wildman–Crippen MR) is 110 cm³/mol. The first-order valence-corrected chi connectivity index (χ1v) is 9.85. The number of carbonyl (C=O) groups excluding carboxylic acids is 1. The van der Waals surface area contributed by atoms with Gasteiger partial charge in [-0.15, -0.1) is 0 Å². The number of nitrogens with zero attached hydrogens (tertiary/aromatic N) is 1. The molecule has 0 aliphatic heterocycles. The summed E-state index contributed by atoms with van der Waals surface area (Å²) in [7, 11) is 1.66. The molecule has 0 unspecified atom stereocenters. The van der Waals surface area contributed by atoms with Gasteiger partial charge in [-0.05, 0) is 36.6 Å². The van der Waals surface area contributed by atoms with Gasteiger partial charge in [-0.1, -0.05) is 43.2 Å². The van der Waals surface area contributed by atoms with Gasteiger partial charge in [0.25, 0.3) is 5.91 Å². The molecule has 2 N–H and O–H groups in total. The number of rotatable bonds is 5. The van der Waals surface area contributed by atoms with Crippen LogP contribution >= 0.6 is 0 Å². The quantitative estimate of drug-likeness (QED) is 0.711. The second-order valence-electron chi connectivity index (χ2n) is 7.47. The van der Waals surface area contributed by atoms with Gasteiger partial charge in [0.2, 0.25) is 0 Å². The molecule has 1 saturated carbocycles. The van der Waals surface area contributed by atoms with Crippen molar-refractivity contribution in [2.45, 2.75) is 44.4 Å². The molecule has 1 heterocycles. The van der Waals surface area contributed by atoms with Crippen molar-refractivity contribution in [2.24, 2.45) is 0 Å². The second-order valence-corrected chi connectivity index (χ2v) is 7.47. The van der Waals surface area contributed by atoms with Crippen LogP contribution in [0.5, 0.6) is 5.75 Å². The van der Waals surface area contributed by atoms with E-state index in [-0.39, 0.29) is 11.9 Å². The molecule has 5 nitrogen and oxygen atoms in total. The van der Waals surface area contributed by atoms with Gasteiger partial charge < -0.3 is 19.7 Å². The van der Waals surface area contributed by atoms with Crippen molar-refractivity contribution in [3.8, 4) is 5.75 Å². The monoisotopic (exact) mass is 378 g/mol. The minimum atomic E-state index is -0.453. The fourth-order valence-corrected chi connectivity index (χ4v) is 4.01. The third kappa shape index (κ3) is 3.76. The summed E-state index contributed by atoms with van der Waals surface area (Å²) in [4.78, 5) is 13.0. The van der Waals surface area contributed by atoms with E-state index in [0.29, 0.717) is 12.1 Å². The topological polar surface area (TPSA) is 63.5 Å². The number of aliphatic hydroxyl groups is 1. The van der Waals surface area contributed by atoms with Gasteiger partial charge in [0.05, 0.1) is 24.8 Å². The maximum absolute atomic E-state index is 13.0. The van der Waals surface area contributed by atoms with Crippen LogP contribution in [0.15, 0.2) is 54.7 Å². The van der Waals surface area contributed by atoms with Crippen molar-refractivity contribution in [2.75, 3.05) is 7.11 Å². The lowest BCUT2D eigenvalue weighted by molar-refractivity contribution is 0.0718. The summed E-state index contributed by atoms with van der Waals surface area (Å²) in [6, 6.07) is 15.7. The van der Waals surface area contributed by atoms with Gasteiger partial charge in [0.15, 0.2) is 0 Å². The van der Waals surface area contributed by atoms with E-state index in [1.54, 1.807) is 7.11 Å². The smallest absolute Gasteiger partial charge is 0.253 e. The lowest BCUT2D eigenvalue weighted by Gasteiger charge is -2.28. The van der Waals surface area contributed by atoms with Crippen LogP contribution in [0.4, 0.5) is 0 Å². The van der Waals surface area contributed by atoms with Crippen molar-refractivity contribution in [3.05, 3.63) is 65.9 Å². The standard InChI is InChI=1S/C23H26N2O3/c1-28-17-12-10-16(11-13-17)14-25-15-19(18-6-2-4-8-21(18)25)23(27)24-20-7-3-5-9-22(20)26/h2,4,6,8,10-13,15,20,22,26H,3,5,7,9,14H2,1H3,(H,24,27)/t20-,22-/m0/s1. The summed E-state index contributed by atoms with van der Waals surface area (Å²) in [6.45, 7) is 0.670. The zero-order valence-corrected chi connectivity index (χ0v) is 16.1. The van der Waals surface area contributed by atoms with E-state index in [0.717, 1.165) is 47.9 Å². The van der Waals surface area contributed by atoms with Crippen LogP contribution in [0.25, 0.3) is 10.9 Å². The van der Waals surface area contributed by atoms with Crippen LogP contribution in [-0.4, -0.2) is 34.8 Å². The number of fused-ring (bicyclic) bond motifs is 1. The second kappa shape index (κ2) is 8.07. The molecule has 0 spiro atoms. The zero-order chi connectivity index (χ0) is 19.5. The molecule has 1 aliphatic carbocycles. The van der Waals surface area contributed by atoms with Crippen LogP contribution in [-0.2, 0) is 6.54 Å². The maximum Gasteiger partial charge on any atom is 0.253 e. The maximum atomic E-state index is 13.0. The molecular weight excluding hydrogens is 352 g/mol. The van der Waals surface area contributed by atoms with Crippen LogP contribution in [0.1, 0.15) is 41.6 Å². The summed E-state index contributed by atoms with van der Waals surface area (Å²) in [5.41, 5.74) is 2.81. The number of methoxy groups -OCH3 is 1. The third-order valence-corrected chi connectivity index (χ3v) is 5.59. The fraction of sp³-hybridized carbons (Fsp3) is 0.348. The van der Waals surface area contributed by atoms with E-state index < -0.39 is 6.10 Å². The molecule has 5 heteroatoms. The van der Waals surface area contributed by atoms with Crippen molar-refractivity contribution >= 4 is 16.8 Å². The Bertz CT molecular complexity index is 962. The molecule has 3 aromatic rings. The summed E-state index contributed by atoms with van der Waals surface area (Å²) in [6.07, 6.45) is 5.11. The highest BCUT2D eigenvalue weighted by Gasteiger charge is 2.26. The molecule has 2 atom stereocenters. The third-order valence-electron chi connectivity index (χ3n) is 5.59. The number of hydrogen-bond acceptors (Lipinski definition) is 3. The molecule has 1 fully saturated rings. The first-order valence-electron chi connectivity index (χ1n) is 9.85. The average Bonchev–Trinajstić information content (AvgIpc) is 3.09. The number of nitrogens with one attached hydrogen (secondary N) is 1.